The third-order valence-corrected chi connectivity index (χ3v) is 5.57. The van der Waals surface area contributed by atoms with Gasteiger partial charge in [-0.1, -0.05) is 13.8 Å². The van der Waals surface area contributed by atoms with Crippen LogP contribution >= 0.6 is 23.5 Å². The molecule has 0 bridgehead atoms. The molecule has 0 spiro atoms. The minimum absolute atomic E-state index is 0.0311. The number of carbonyl (C=O) groups is 2. The molecule has 0 rings (SSSR count). The van der Waals surface area contributed by atoms with Gasteiger partial charge in [0.05, 0.1) is 4.08 Å². The Morgan fingerprint density at radius 2 is 1.63 bits per heavy atom. The monoisotopic (exact) mass is 306 g/mol. The molecule has 19 heavy (non-hydrogen) atoms. The highest BCUT2D eigenvalue weighted by atomic mass is 32.2. The van der Waals surface area contributed by atoms with Gasteiger partial charge in [-0.2, -0.15) is 0 Å². The summed E-state index contributed by atoms with van der Waals surface area (Å²) < 4.78 is 0.113. The number of thioether (sulfide) groups is 2. The van der Waals surface area contributed by atoms with E-state index in [9.17, 15) is 9.59 Å². The summed E-state index contributed by atoms with van der Waals surface area (Å²) in [5.74, 6) is 2.10. The smallest absolute Gasteiger partial charge is 0.221 e. The average molecular weight is 306 g/mol. The first-order chi connectivity index (χ1) is 8.97. The van der Waals surface area contributed by atoms with Crippen LogP contribution < -0.4 is 10.6 Å². The Balaban J connectivity index is 3.95. The van der Waals surface area contributed by atoms with Crippen molar-refractivity contribution in [3.05, 3.63) is 0 Å². The van der Waals surface area contributed by atoms with Crippen LogP contribution in [-0.4, -0.2) is 41.0 Å². The Kier molecular flexibility index (Phi) is 10.2. The van der Waals surface area contributed by atoms with E-state index in [1.165, 1.54) is 0 Å². The van der Waals surface area contributed by atoms with Crippen LogP contribution in [0.2, 0.25) is 0 Å². The van der Waals surface area contributed by atoms with Gasteiger partial charge in [0.1, 0.15) is 0 Å². The fraction of sp³-hybridized carbons (Fsp3) is 0.846. The van der Waals surface area contributed by atoms with Gasteiger partial charge in [-0.05, 0) is 24.9 Å². The van der Waals surface area contributed by atoms with Gasteiger partial charge in [0, 0.05) is 26.4 Å². The van der Waals surface area contributed by atoms with E-state index >= 15 is 0 Å². The van der Waals surface area contributed by atoms with Crippen molar-refractivity contribution in [3.63, 3.8) is 0 Å². The highest BCUT2D eigenvalue weighted by molar-refractivity contribution is 8.18. The zero-order valence-electron chi connectivity index (χ0n) is 12.4. The van der Waals surface area contributed by atoms with Gasteiger partial charge in [-0.15, -0.1) is 23.5 Å². The zero-order valence-corrected chi connectivity index (χ0v) is 14.0. The van der Waals surface area contributed by atoms with Crippen LogP contribution in [0.5, 0.6) is 0 Å². The maximum atomic E-state index is 11.7. The van der Waals surface area contributed by atoms with E-state index in [2.05, 4.69) is 31.4 Å². The molecule has 0 aromatic heterocycles. The molecule has 0 saturated heterocycles. The van der Waals surface area contributed by atoms with E-state index in [1.807, 2.05) is 23.5 Å². The molecule has 2 amide bonds. The number of rotatable bonds is 10. The Morgan fingerprint density at radius 1 is 1.05 bits per heavy atom. The first-order valence-corrected chi connectivity index (χ1v) is 8.69. The van der Waals surface area contributed by atoms with Gasteiger partial charge in [0.15, 0.2) is 0 Å². The first-order valence-electron chi connectivity index (χ1n) is 6.72. The Bertz CT molecular complexity index is 280. The zero-order chi connectivity index (χ0) is 14.7. The largest absolute Gasteiger partial charge is 0.359 e. The third-order valence-electron chi connectivity index (χ3n) is 2.66. The molecule has 2 N–H and O–H groups in total. The van der Waals surface area contributed by atoms with Crippen LogP contribution in [0.4, 0.5) is 0 Å². The molecule has 0 aromatic carbocycles. The van der Waals surface area contributed by atoms with Crippen LogP contribution in [0, 0.1) is 0 Å². The van der Waals surface area contributed by atoms with Crippen LogP contribution in [0.15, 0.2) is 0 Å². The van der Waals surface area contributed by atoms with Gasteiger partial charge in [0.2, 0.25) is 11.8 Å². The Hall–Kier alpha value is -0.360. The maximum absolute atomic E-state index is 11.7. The van der Waals surface area contributed by atoms with Crippen molar-refractivity contribution in [2.75, 3.05) is 25.1 Å². The second-order valence-electron chi connectivity index (χ2n) is 4.27. The molecule has 0 aliphatic rings. The summed E-state index contributed by atoms with van der Waals surface area (Å²) in [5, 5.41) is 5.32. The number of carbonyl (C=O) groups excluding carboxylic acids is 2. The van der Waals surface area contributed by atoms with Crippen molar-refractivity contribution < 1.29 is 9.59 Å². The molecule has 0 atom stereocenters. The molecule has 4 nitrogen and oxygen atoms in total. The molecule has 0 fully saturated rings. The summed E-state index contributed by atoms with van der Waals surface area (Å²) in [6.45, 7) is 6.90. The molecule has 0 heterocycles. The Morgan fingerprint density at radius 3 is 2.11 bits per heavy atom. The summed E-state index contributed by atoms with van der Waals surface area (Å²) in [5.41, 5.74) is 0. The van der Waals surface area contributed by atoms with Crippen molar-refractivity contribution in [3.8, 4) is 0 Å². The molecule has 0 aliphatic carbocycles. The summed E-state index contributed by atoms with van der Waals surface area (Å²) in [6.07, 6.45) is 1.72. The van der Waals surface area contributed by atoms with Crippen molar-refractivity contribution >= 4 is 35.3 Å². The van der Waals surface area contributed by atoms with Crippen molar-refractivity contribution in [2.45, 2.75) is 44.1 Å². The summed E-state index contributed by atoms with van der Waals surface area (Å²) in [6, 6.07) is 0. The highest BCUT2D eigenvalue weighted by Crippen LogP contribution is 2.40. The topological polar surface area (TPSA) is 58.2 Å². The number of nitrogens with one attached hydrogen (secondary N) is 2. The van der Waals surface area contributed by atoms with E-state index in [1.54, 1.807) is 7.05 Å². The number of hydrogen-bond donors (Lipinski definition) is 2. The van der Waals surface area contributed by atoms with Crippen LogP contribution in [0.25, 0.3) is 0 Å². The Labute approximate surface area is 125 Å². The molecule has 0 unspecified atom stereocenters. The van der Waals surface area contributed by atoms with E-state index in [4.69, 9.17) is 0 Å². The predicted molar refractivity (Wildman–Crippen MR) is 85.6 cm³/mol. The van der Waals surface area contributed by atoms with E-state index < -0.39 is 0 Å². The van der Waals surface area contributed by atoms with Gasteiger partial charge < -0.3 is 10.6 Å². The lowest BCUT2D eigenvalue weighted by molar-refractivity contribution is -0.122. The standard InChI is InChI=1S/C13H26N2O2S2/c1-5-18-13(3,19-6-2)9-7-12(17)15-10-8-11(16)14-4/h5-10H2,1-4H3,(H,14,16)(H,15,17). The molecule has 6 heteroatoms. The highest BCUT2D eigenvalue weighted by Gasteiger charge is 2.24. The molecule has 0 aliphatic heterocycles. The molecular formula is C13H26N2O2S2. The third kappa shape index (κ3) is 9.21. The van der Waals surface area contributed by atoms with Crippen molar-refractivity contribution in [2.24, 2.45) is 0 Å². The second-order valence-corrected chi connectivity index (χ2v) is 8.07. The fourth-order valence-corrected chi connectivity index (χ4v) is 4.42. The SMILES string of the molecule is CCSC(C)(CCC(=O)NCCC(=O)NC)SCC. The molecule has 112 valence electrons. The van der Waals surface area contributed by atoms with Crippen LogP contribution in [0.3, 0.4) is 0 Å². The second kappa shape index (κ2) is 10.4. The number of amides is 2. The lowest BCUT2D eigenvalue weighted by Crippen LogP contribution is -2.30. The van der Waals surface area contributed by atoms with Crippen molar-refractivity contribution in [1.29, 1.82) is 0 Å². The van der Waals surface area contributed by atoms with E-state index in [0.29, 0.717) is 19.4 Å². The van der Waals surface area contributed by atoms with Gasteiger partial charge in [-0.3, -0.25) is 9.59 Å². The minimum Gasteiger partial charge on any atom is -0.359 e. The number of hydrogen-bond acceptors (Lipinski definition) is 4. The predicted octanol–water partition coefficient (Wildman–Crippen LogP) is 2.24. The lowest BCUT2D eigenvalue weighted by Gasteiger charge is -2.27. The van der Waals surface area contributed by atoms with Gasteiger partial charge in [-0.25, -0.2) is 0 Å². The fourth-order valence-electron chi connectivity index (χ4n) is 1.67. The minimum atomic E-state index is -0.0479. The molecule has 0 aromatic rings. The van der Waals surface area contributed by atoms with E-state index in [0.717, 1.165) is 17.9 Å². The molecule has 0 saturated carbocycles. The quantitative estimate of drug-likeness (QED) is 0.608. The summed E-state index contributed by atoms with van der Waals surface area (Å²) in [7, 11) is 1.60. The average Bonchev–Trinajstić information content (AvgIpc) is 2.37. The van der Waals surface area contributed by atoms with Crippen molar-refractivity contribution in [1.82, 2.24) is 10.6 Å². The van der Waals surface area contributed by atoms with Crippen LogP contribution in [0.1, 0.15) is 40.0 Å². The summed E-state index contributed by atoms with van der Waals surface area (Å²) in [4.78, 5) is 22.7. The molecular weight excluding hydrogens is 280 g/mol. The maximum Gasteiger partial charge on any atom is 0.221 e. The summed E-state index contributed by atoms with van der Waals surface area (Å²) >= 11 is 3.79. The lowest BCUT2D eigenvalue weighted by atomic mass is 10.2. The first kappa shape index (κ1) is 18.6. The normalized spacial score (nSPS) is 11.2. The van der Waals surface area contributed by atoms with E-state index in [-0.39, 0.29) is 15.9 Å². The van der Waals surface area contributed by atoms with Gasteiger partial charge in [0.25, 0.3) is 0 Å². The van der Waals surface area contributed by atoms with Gasteiger partial charge >= 0.3 is 0 Å². The molecule has 0 radical (unpaired) electrons. The van der Waals surface area contributed by atoms with Crippen LogP contribution in [-0.2, 0) is 9.59 Å².